The summed E-state index contributed by atoms with van der Waals surface area (Å²) in [5.74, 6) is 1.45. The van der Waals surface area contributed by atoms with Crippen molar-refractivity contribution in [1.29, 1.82) is 0 Å². The Labute approximate surface area is 105 Å². The number of anilines is 1. The van der Waals surface area contributed by atoms with Gasteiger partial charge in [-0.2, -0.15) is 5.06 Å². The number of rotatable bonds is 1. The Morgan fingerprint density at radius 1 is 1.22 bits per heavy atom. The minimum absolute atomic E-state index is 0.376. The first kappa shape index (κ1) is 11.6. The Hall–Kier alpha value is -1.50. The summed E-state index contributed by atoms with van der Waals surface area (Å²) in [6.45, 7) is 3.13. The van der Waals surface area contributed by atoms with Crippen molar-refractivity contribution in [3.63, 3.8) is 0 Å². The zero-order valence-electron chi connectivity index (χ0n) is 10.1. The molecule has 2 heterocycles. The Morgan fingerprint density at radius 2 is 2.00 bits per heavy atom. The standard InChI is InChI=1S/C12H17N3O3/c13-11-8-17-10-3-1-2-9(12(10)18-11)14-4-6-15(16)7-5-14/h1-3,11,16H,4-8,13H2. The smallest absolute Gasteiger partial charge is 0.187 e. The lowest BCUT2D eigenvalue weighted by Gasteiger charge is -2.35. The summed E-state index contributed by atoms with van der Waals surface area (Å²) < 4.78 is 11.2. The van der Waals surface area contributed by atoms with Crippen LogP contribution in [0.15, 0.2) is 18.2 Å². The predicted octanol–water partition coefficient (Wildman–Crippen LogP) is 0.254. The molecule has 1 atom stereocenters. The molecule has 1 aromatic rings. The molecule has 6 heteroatoms. The summed E-state index contributed by atoms with van der Waals surface area (Å²) in [7, 11) is 0. The van der Waals surface area contributed by atoms with Gasteiger partial charge in [0.15, 0.2) is 17.7 Å². The summed E-state index contributed by atoms with van der Waals surface area (Å²) >= 11 is 0. The minimum atomic E-state index is -0.419. The molecule has 0 bridgehead atoms. The molecule has 0 radical (unpaired) electrons. The van der Waals surface area contributed by atoms with E-state index < -0.39 is 6.23 Å². The van der Waals surface area contributed by atoms with Gasteiger partial charge in [-0.05, 0) is 12.1 Å². The van der Waals surface area contributed by atoms with E-state index in [1.807, 2.05) is 18.2 Å². The molecule has 1 aromatic carbocycles. The Kier molecular flexibility index (Phi) is 2.99. The normalized spacial score (nSPS) is 24.1. The second kappa shape index (κ2) is 4.64. The van der Waals surface area contributed by atoms with Crippen molar-refractivity contribution in [1.82, 2.24) is 5.06 Å². The number of hydrogen-bond acceptors (Lipinski definition) is 6. The van der Waals surface area contributed by atoms with Crippen LogP contribution in [-0.2, 0) is 0 Å². The van der Waals surface area contributed by atoms with E-state index in [4.69, 9.17) is 15.2 Å². The van der Waals surface area contributed by atoms with Crippen LogP contribution in [-0.4, -0.2) is 49.3 Å². The highest BCUT2D eigenvalue weighted by Gasteiger charge is 2.25. The van der Waals surface area contributed by atoms with Gasteiger partial charge in [0.1, 0.15) is 6.61 Å². The van der Waals surface area contributed by atoms with E-state index in [0.29, 0.717) is 25.4 Å². The molecule has 3 N–H and O–H groups in total. The van der Waals surface area contributed by atoms with Gasteiger partial charge in [-0.15, -0.1) is 0 Å². The van der Waals surface area contributed by atoms with E-state index in [2.05, 4.69) is 4.90 Å². The van der Waals surface area contributed by atoms with Crippen LogP contribution in [0.25, 0.3) is 0 Å². The number of nitrogens with two attached hydrogens (primary N) is 1. The lowest BCUT2D eigenvalue weighted by atomic mass is 10.2. The molecule has 1 saturated heterocycles. The van der Waals surface area contributed by atoms with Gasteiger partial charge in [0.05, 0.1) is 5.69 Å². The quantitative estimate of drug-likeness (QED) is 0.745. The summed E-state index contributed by atoms with van der Waals surface area (Å²) in [6.07, 6.45) is -0.419. The van der Waals surface area contributed by atoms with Gasteiger partial charge in [0, 0.05) is 26.2 Å². The van der Waals surface area contributed by atoms with Crippen molar-refractivity contribution in [2.75, 3.05) is 37.7 Å². The summed E-state index contributed by atoms with van der Waals surface area (Å²) in [6, 6.07) is 5.82. The van der Waals surface area contributed by atoms with Crippen LogP contribution in [0.2, 0.25) is 0 Å². The van der Waals surface area contributed by atoms with Crippen molar-refractivity contribution in [3.8, 4) is 11.5 Å². The van der Waals surface area contributed by atoms with Crippen molar-refractivity contribution < 1.29 is 14.7 Å². The summed E-state index contributed by atoms with van der Waals surface area (Å²) in [5, 5.41) is 10.7. The molecule has 98 valence electrons. The molecule has 1 unspecified atom stereocenters. The van der Waals surface area contributed by atoms with Gasteiger partial charge in [-0.3, -0.25) is 5.73 Å². The summed E-state index contributed by atoms with van der Waals surface area (Å²) in [5.41, 5.74) is 6.74. The molecule has 0 aliphatic carbocycles. The SMILES string of the molecule is NC1COc2cccc(N3CCN(O)CC3)c2O1. The van der Waals surface area contributed by atoms with E-state index in [1.165, 1.54) is 5.06 Å². The molecule has 6 nitrogen and oxygen atoms in total. The monoisotopic (exact) mass is 251 g/mol. The molecule has 0 saturated carbocycles. The average Bonchev–Trinajstić information content (AvgIpc) is 2.39. The number of para-hydroxylation sites is 1. The molecular weight excluding hydrogens is 234 g/mol. The number of fused-ring (bicyclic) bond motifs is 1. The van der Waals surface area contributed by atoms with Gasteiger partial charge in [-0.25, -0.2) is 0 Å². The largest absolute Gasteiger partial charge is 0.484 e. The van der Waals surface area contributed by atoms with E-state index >= 15 is 0 Å². The van der Waals surface area contributed by atoms with Gasteiger partial charge in [0.2, 0.25) is 0 Å². The number of benzene rings is 1. The third-order valence-corrected chi connectivity index (χ3v) is 3.23. The Balaban J connectivity index is 1.88. The topological polar surface area (TPSA) is 71.2 Å². The van der Waals surface area contributed by atoms with Gasteiger partial charge >= 0.3 is 0 Å². The third kappa shape index (κ3) is 2.10. The summed E-state index contributed by atoms with van der Waals surface area (Å²) in [4.78, 5) is 2.17. The highest BCUT2D eigenvalue weighted by molar-refractivity contribution is 5.65. The van der Waals surface area contributed by atoms with Crippen LogP contribution in [0, 0.1) is 0 Å². The van der Waals surface area contributed by atoms with E-state index in [9.17, 15) is 5.21 Å². The lowest BCUT2D eigenvalue weighted by molar-refractivity contribution is -0.0936. The van der Waals surface area contributed by atoms with Crippen molar-refractivity contribution in [2.24, 2.45) is 5.73 Å². The molecule has 18 heavy (non-hydrogen) atoms. The zero-order valence-corrected chi connectivity index (χ0v) is 10.1. The first-order chi connectivity index (χ1) is 8.74. The lowest BCUT2D eigenvalue weighted by Crippen LogP contribution is -2.45. The molecule has 3 rings (SSSR count). The number of hydroxylamine groups is 2. The molecule has 0 spiro atoms. The predicted molar refractivity (Wildman–Crippen MR) is 66.1 cm³/mol. The first-order valence-electron chi connectivity index (χ1n) is 6.11. The molecule has 1 fully saturated rings. The van der Waals surface area contributed by atoms with Crippen LogP contribution in [0.4, 0.5) is 5.69 Å². The second-order valence-electron chi connectivity index (χ2n) is 4.51. The minimum Gasteiger partial charge on any atom is -0.484 e. The van der Waals surface area contributed by atoms with Crippen molar-refractivity contribution in [3.05, 3.63) is 18.2 Å². The molecule has 0 amide bonds. The Bertz CT molecular complexity index is 433. The van der Waals surface area contributed by atoms with Crippen LogP contribution in [0.3, 0.4) is 0 Å². The van der Waals surface area contributed by atoms with Crippen LogP contribution < -0.4 is 20.1 Å². The van der Waals surface area contributed by atoms with Crippen molar-refractivity contribution >= 4 is 5.69 Å². The Morgan fingerprint density at radius 3 is 2.78 bits per heavy atom. The van der Waals surface area contributed by atoms with E-state index in [-0.39, 0.29) is 0 Å². The van der Waals surface area contributed by atoms with E-state index in [1.54, 1.807) is 0 Å². The fourth-order valence-electron chi connectivity index (χ4n) is 2.28. The molecule has 0 aromatic heterocycles. The molecule has 2 aliphatic rings. The average molecular weight is 251 g/mol. The fraction of sp³-hybridized carbons (Fsp3) is 0.500. The fourth-order valence-corrected chi connectivity index (χ4v) is 2.28. The maximum absolute atomic E-state index is 9.39. The maximum atomic E-state index is 9.39. The highest BCUT2D eigenvalue weighted by Crippen LogP contribution is 2.40. The number of hydrogen-bond donors (Lipinski definition) is 2. The van der Waals surface area contributed by atoms with Crippen LogP contribution >= 0.6 is 0 Å². The maximum Gasteiger partial charge on any atom is 0.187 e. The van der Waals surface area contributed by atoms with Gasteiger partial charge in [-0.1, -0.05) is 6.07 Å². The second-order valence-corrected chi connectivity index (χ2v) is 4.51. The van der Waals surface area contributed by atoms with Crippen molar-refractivity contribution in [2.45, 2.75) is 6.23 Å². The van der Waals surface area contributed by atoms with Crippen LogP contribution in [0.1, 0.15) is 0 Å². The number of nitrogens with zero attached hydrogens (tertiary/aromatic N) is 2. The first-order valence-corrected chi connectivity index (χ1v) is 6.11. The van der Waals surface area contributed by atoms with Crippen LogP contribution in [0.5, 0.6) is 11.5 Å². The number of ether oxygens (including phenoxy) is 2. The van der Waals surface area contributed by atoms with E-state index in [0.717, 1.165) is 24.5 Å². The van der Waals surface area contributed by atoms with Gasteiger partial charge in [0.25, 0.3) is 0 Å². The zero-order chi connectivity index (χ0) is 12.5. The van der Waals surface area contributed by atoms with Gasteiger partial charge < -0.3 is 19.6 Å². The molecular formula is C12H17N3O3. The highest BCUT2D eigenvalue weighted by atomic mass is 16.6. The number of piperazine rings is 1. The molecule has 2 aliphatic heterocycles. The third-order valence-electron chi connectivity index (χ3n) is 3.23.